The minimum Gasteiger partial charge on any atom is -0.449 e. The summed E-state index contributed by atoms with van der Waals surface area (Å²) in [4.78, 5) is 36.7. The second-order valence-electron chi connectivity index (χ2n) is 5.70. The maximum atomic E-state index is 12.8. The van der Waals surface area contributed by atoms with Crippen LogP contribution in [0.5, 0.6) is 0 Å². The SMILES string of the molecule is C[C@@H](OC(=O)c1cc([N+](=O)[O-])ccc1Cl)C(=O)N(CCC#N)c1ccccc1. The smallest absolute Gasteiger partial charge is 0.340 e. The third-order valence-corrected chi connectivity index (χ3v) is 4.12. The average molecular weight is 402 g/mol. The lowest BCUT2D eigenvalue weighted by Crippen LogP contribution is -2.40. The summed E-state index contributed by atoms with van der Waals surface area (Å²) in [7, 11) is 0. The Morgan fingerprint density at radius 3 is 2.57 bits per heavy atom. The van der Waals surface area contributed by atoms with E-state index in [4.69, 9.17) is 21.6 Å². The van der Waals surface area contributed by atoms with Crippen molar-refractivity contribution in [2.45, 2.75) is 19.4 Å². The molecule has 1 amide bonds. The first kappa shape index (κ1) is 20.9. The number of non-ortho nitro benzene ring substituents is 1. The van der Waals surface area contributed by atoms with Crippen LogP contribution in [0.2, 0.25) is 5.02 Å². The molecule has 0 unspecified atom stereocenters. The van der Waals surface area contributed by atoms with Crippen LogP contribution in [0.25, 0.3) is 0 Å². The first-order valence-corrected chi connectivity index (χ1v) is 8.61. The van der Waals surface area contributed by atoms with Crippen LogP contribution < -0.4 is 4.90 Å². The lowest BCUT2D eigenvalue weighted by Gasteiger charge is -2.25. The zero-order chi connectivity index (χ0) is 20.7. The molecule has 0 aromatic heterocycles. The molecule has 0 aliphatic heterocycles. The number of para-hydroxylation sites is 1. The first-order valence-electron chi connectivity index (χ1n) is 8.23. The molecule has 0 fully saturated rings. The zero-order valence-electron chi connectivity index (χ0n) is 14.9. The molecular weight excluding hydrogens is 386 g/mol. The number of halogens is 1. The predicted molar refractivity (Wildman–Crippen MR) is 102 cm³/mol. The number of anilines is 1. The van der Waals surface area contributed by atoms with Gasteiger partial charge in [-0.25, -0.2) is 4.79 Å². The van der Waals surface area contributed by atoms with Gasteiger partial charge < -0.3 is 9.64 Å². The molecule has 9 heteroatoms. The maximum Gasteiger partial charge on any atom is 0.340 e. The van der Waals surface area contributed by atoms with Crippen LogP contribution in [0.3, 0.4) is 0 Å². The van der Waals surface area contributed by atoms with Gasteiger partial charge in [0.1, 0.15) is 0 Å². The molecule has 8 nitrogen and oxygen atoms in total. The summed E-state index contributed by atoms with van der Waals surface area (Å²) in [6.07, 6.45) is -1.10. The molecule has 1 atom stereocenters. The summed E-state index contributed by atoms with van der Waals surface area (Å²) in [5, 5.41) is 19.7. The molecule has 2 aromatic carbocycles. The minimum atomic E-state index is -1.19. The van der Waals surface area contributed by atoms with E-state index in [-0.39, 0.29) is 29.2 Å². The van der Waals surface area contributed by atoms with Crippen molar-refractivity contribution in [1.82, 2.24) is 0 Å². The highest BCUT2D eigenvalue weighted by molar-refractivity contribution is 6.33. The molecule has 0 bridgehead atoms. The van der Waals surface area contributed by atoms with Crippen LogP contribution >= 0.6 is 11.6 Å². The number of hydrogen-bond acceptors (Lipinski definition) is 6. The lowest BCUT2D eigenvalue weighted by atomic mass is 10.2. The van der Waals surface area contributed by atoms with Crippen molar-refractivity contribution in [2.24, 2.45) is 0 Å². The maximum absolute atomic E-state index is 12.8. The van der Waals surface area contributed by atoms with Gasteiger partial charge in [-0.1, -0.05) is 29.8 Å². The molecular formula is C19H16ClN3O5. The second kappa shape index (κ2) is 9.48. The Morgan fingerprint density at radius 1 is 1.29 bits per heavy atom. The van der Waals surface area contributed by atoms with Gasteiger partial charge in [0.2, 0.25) is 0 Å². The monoisotopic (exact) mass is 401 g/mol. The van der Waals surface area contributed by atoms with E-state index < -0.39 is 22.9 Å². The third kappa shape index (κ3) is 5.05. The Balaban J connectivity index is 2.20. The standard InChI is InChI=1S/C19H16ClN3O5/c1-13(18(24)22(11-5-10-21)14-6-3-2-4-7-14)28-19(25)16-12-15(23(26)27)8-9-17(16)20/h2-4,6-9,12-13H,5,11H2,1H3/t13-/m1/s1. The Hall–Kier alpha value is -3.44. The Kier molecular flexibility index (Phi) is 7.07. The van der Waals surface area contributed by atoms with E-state index in [9.17, 15) is 19.7 Å². The van der Waals surface area contributed by atoms with Gasteiger partial charge in [0.05, 0.1) is 28.0 Å². The van der Waals surface area contributed by atoms with Crippen molar-refractivity contribution in [2.75, 3.05) is 11.4 Å². The predicted octanol–water partition coefficient (Wildman–Crippen LogP) is 3.74. The van der Waals surface area contributed by atoms with Crippen LogP contribution in [-0.2, 0) is 9.53 Å². The van der Waals surface area contributed by atoms with E-state index in [0.29, 0.717) is 5.69 Å². The average Bonchev–Trinajstić information content (AvgIpc) is 2.68. The minimum absolute atomic E-state index is 0.0281. The number of ether oxygens (including phenoxy) is 1. The van der Waals surface area contributed by atoms with Crippen LogP contribution in [0.1, 0.15) is 23.7 Å². The van der Waals surface area contributed by atoms with Gasteiger partial charge in [-0.3, -0.25) is 14.9 Å². The Labute approximate surface area is 166 Å². The highest BCUT2D eigenvalue weighted by Gasteiger charge is 2.27. The van der Waals surface area contributed by atoms with Crippen molar-refractivity contribution in [1.29, 1.82) is 5.26 Å². The fraction of sp³-hybridized carbons (Fsp3) is 0.211. The van der Waals surface area contributed by atoms with Crippen LogP contribution in [0.4, 0.5) is 11.4 Å². The summed E-state index contributed by atoms with van der Waals surface area (Å²) in [6.45, 7) is 1.51. The molecule has 0 spiro atoms. The van der Waals surface area contributed by atoms with Gasteiger partial charge in [0, 0.05) is 24.4 Å². The number of rotatable bonds is 7. The number of amides is 1. The van der Waals surface area contributed by atoms with Crippen LogP contribution in [0, 0.1) is 21.4 Å². The number of hydrogen-bond donors (Lipinski definition) is 0. The zero-order valence-corrected chi connectivity index (χ0v) is 15.6. The van der Waals surface area contributed by atoms with Crippen LogP contribution in [0.15, 0.2) is 48.5 Å². The molecule has 0 radical (unpaired) electrons. The fourth-order valence-electron chi connectivity index (χ4n) is 2.41. The molecule has 2 aromatic rings. The summed E-state index contributed by atoms with van der Waals surface area (Å²) in [5.41, 5.74) is 0.0214. The van der Waals surface area contributed by atoms with E-state index >= 15 is 0 Å². The molecule has 0 heterocycles. The number of nitro groups is 1. The molecule has 0 aliphatic carbocycles. The number of esters is 1. The third-order valence-electron chi connectivity index (χ3n) is 3.79. The lowest BCUT2D eigenvalue weighted by molar-refractivity contribution is -0.384. The second-order valence-corrected chi connectivity index (χ2v) is 6.11. The normalized spacial score (nSPS) is 11.2. The van der Waals surface area contributed by atoms with Crippen molar-refractivity contribution < 1.29 is 19.2 Å². The van der Waals surface area contributed by atoms with Gasteiger partial charge in [-0.2, -0.15) is 5.26 Å². The van der Waals surface area contributed by atoms with Gasteiger partial charge in [0.25, 0.3) is 11.6 Å². The number of nitro benzene ring substituents is 1. The van der Waals surface area contributed by atoms with E-state index in [0.717, 1.165) is 12.1 Å². The summed E-state index contributed by atoms with van der Waals surface area (Å²) in [6, 6.07) is 14.0. The first-order chi connectivity index (χ1) is 13.3. The van der Waals surface area contributed by atoms with Gasteiger partial charge >= 0.3 is 5.97 Å². The number of nitrogens with zero attached hydrogens (tertiary/aromatic N) is 3. The highest BCUT2D eigenvalue weighted by atomic mass is 35.5. The van der Waals surface area contributed by atoms with E-state index in [1.54, 1.807) is 30.3 Å². The van der Waals surface area contributed by atoms with Crippen molar-refractivity contribution >= 4 is 34.9 Å². The highest BCUT2D eigenvalue weighted by Crippen LogP contribution is 2.24. The van der Waals surface area contributed by atoms with Gasteiger partial charge in [0.15, 0.2) is 6.10 Å². The van der Waals surface area contributed by atoms with Crippen molar-refractivity contribution in [3.05, 3.63) is 69.2 Å². The summed E-state index contributed by atoms with van der Waals surface area (Å²) < 4.78 is 5.18. The van der Waals surface area contributed by atoms with E-state index in [1.165, 1.54) is 17.9 Å². The fourth-order valence-corrected chi connectivity index (χ4v) is 2.61. The van der Waals surface area contributed by atoms with E-state index in [2.05, 4.69) is 0 Å². The number of carbonyl (C=O) groups excluding carboxylic acids is 2. The molecule has 144 valence electrons. The van der Waals surface area contributed by atoms with Crippen molar-refractivity contribution in [3.8, 4) is 6.07 Å². The molecule has 0 aliphatic rings. The Morgan fingerprint density at radius 2 is 1.96 bits per heavy atom. The number of nitriles is 1. The molecule has 0 saturated carbocycles. The summed E-state index contributed by atoms with van der Waals surface area (Å²) >= 11 is 5.93. The van der Waals surface area contributed by atoms with Crippen molar-refractivity contribution in [3.63, 3.8) is 0 Å². The summed E-state index contributed by atoms with van der Waals surface area (Å²) in [5.74, 6) is -1.49. The topological polar surface area (TPSA) is 114 Å². The van der Waals surface area contributed by atoms with Crippen LogP contribution in [-0.4, -0.2) is 29.4 Å². The van der Waals surface area contributed by atoms with Gasteiger partial charge in [-0.05, 0) is 25.1 Å². The molecule has 2 rings (SSSR count). The Bertz CT molecular complexity index is 927. The molecule has 28 heavy (non-hydrogen) atoms. The van der Waals surface area contributed by atoms with Gasteiger partial charge in [-0.15, -0.1) is 0 Å². The molecule has 0 saturated heterocycles. The largest absolute Gasteiger partial charge is 0.449 e. The number of benzene rings is 2. The number of carbonyl (C=O) groups is 2. The quantitative estimate of drug-likeness (QED) is 0.396. The van der Waals surface area contributed by atoms with E-state index in [1.807, 2.05) is 6.07 Å². The molecule has 0 N–H and O–H groups in total.